The topological polar surface area (TPSA) is 25.8 Å². The first-order chi connectivity index (χ1) is 8.04. The summed E-state index contributed by atoms with van der Waals surface area (Å²) in [5.74, 6) is -0.838. The van der Waals surface area contributed by atoms with Crippen LogP contribution in [0.1, 0.15) is 11.4 Å². The van der Waals surface area contributed by atoms with Crippen LogP contribution in [0.5, 0.6) is 0 Å². The average Bonchev–Trinajstić information content (AvgIpc) is 2.22. The fourth-order valence-electron chi connectivity index (χ4n) is 1.36. The Hall–Kier alpha value is -1.07. The molecule has 0 radical (unpaired) electrons. The van der Waals surface area contributed by atoms with Gasteiger partial charge in [-0.2, -0.15) is 0 Å². The summed E-state index contributed by atoms with van der Waals surface area (Å²) in [6.07, 6.45) is 1.72. The van der Waals surface area contributed by atoms with Gasteiger partial charge in [0.1, 0.15) is 22.6 Å². The van der Waals surface area contributed by atoms with Crippen LogP contribution < -0.4 is 0 Å². The predicted octanol–water partition coefficient (Wildman–Crippen LogP) is 3.76. The highest BCUT2D eigenvalue weighted by Gasteiger charge is 2.06. The summed E-state index contributed by atoms with van der Waals surface area (Å²) in [7, 11) is 0. The number of halogens is 4. The van der Waals surface area contributed by atoms with E-state index >= 15 is 0 Å². The van der Waals surface area contributed by atoms with Crippen LogP contribution >= 0.6 is 27.5 Å². The van der Waals surface area contributed by atoms with Gasteiger partial charge in [-0.1, -0.05) is 11.6 Å². The molecular weight excluding hydrogens is 313 g/mol. The van der Waals surface area contributed by atoms with Gasteiger partial charge < -0.3 is 0 Å². The van der Waals surface area contributed by atoms with Gasteiger partial charge in [-0.25, -0.2) is 18.7 Å². The number of nitrogens with zero attached hydrogens (tertiary/aromatic N) is 2. The first-order valence-electron chi connectivity index (χ1n) is 4.66. The Labute approximate surface area is 110 Å². The Balaban J connectivity index is 2.28. The molecule has 0 aliphatic rings. The Kier molecular flexibility index (Phi) is 3.69. The Morgan fingerprint density at radius 2 is 1.82 bits per heavy atom. The quantitative estimate of drug-likeness (QED) is 0.788. The highest BCUT2D eigenvalue weighted by atomic mass is 79.9. The second kappa shape index (κ2) is 5.06. The van der Waals surface area contributed by atoms with Crippen LogP contribution in [0, 0.1) is 11.6 Å². The van der Waals surface area contributed by atoms with Crippen LogP contribution in [0.4, 0.5) is 8.78 Å². The zero-order valence-corrected chi connectivity index (χ0v) is 10.8. The molecule has 0 saturated heterocycles. The van der Waals surface area contributed by atoms with Gasteiger partial charge >= 0.3 is 0 Å². The molecule has 0 amide bonds. The molecule has 6 heteroatoms. The number of hydrogen-bond donors (Lipinski definition) is 0. The van der Waals surface area contributed by atoms with Crippen LogP contribution in [-0.4, -0.2) is 9.97 Å². The third kappa shape index (κ3) is 3.20. The molecule has 1 heterocycles. The molecule has 0 atom stereocenters. The van der Waals surface area contributed by atoms with Crippen LogP contribution in [0.15, 0.2) is 28.9 Å². The van der Waals surface area contributed by atoms with E-state index in [0.29, 0.717) is 15.9 Å². The van der Waals surface area contributed by atoms with Gasteiger partial charge in [0.15, 0.2) is 0 Å². The van der Waals surface area contributed by atoms with E-state index in [2.05, 4.69) is 25.9 Å². The van der Waals surface area contributed by atoms with Crippen molar-refractivity contribution in [2.24, 2.45) is 0 Å². The molecule has 88 valence electrons. The van der Waals surface area contributed by atoms with Crippen LogP contribution in [0.25, 0.3) is 0 Å². The molecule has 2 rings (SSSR count). The summed E-state index contributed by atoms with van der Waals surface area (Å²) in [5, 5.41) is 0.270. The van der Waals surface area contributed by atoms with Crippen molar-refractivity contribution in [3.8, 4) is 0 Å². The predicted molar refractivity (Wildman–Crippen MR) is 63.9 cm³/mol. The minimum atomic E-state index is -0.622. The molecule has 0 bridgehead atoms. The lowest BCUT2D eigenvalue weighted by molar-refractivity contribution is 0.580. The summed E-state index contributed by atoms with van der Waals surface area (Å²) < 4.78 is 26.5. The largest absolute Gasteiger partial charge is 0.240 e. The van der Waals surface area contributed by atoms with Gasteiger partial charge in [-0.05, 0) is 33.6 Å². The monoisotopic (exact) mass is 318 g/mol. The van der Waals surface area contributed by atoms with Crippen LogP contribution in [-0.2, 0) is 6.42 Å². The van der Waals surface area contributed by atoms with Crippen molar-refractivity contribution in [3.05, 3.63) is 57.0 Å². The van der Waals surface area contributed by atoms with E-state index in [1.54, 1.807) is 0 Å². The number of rotatable bonds is 2. The fraction of sp³-hybridized carbons (Fsp3) is 0.0909. The summed E-state index contributed by atoms with van der Waals surface area (Å²) in [4.78, 5) is 8.00. The maximum Gasteiger partial charge on any atom is 0.146 e. The molecule has 2 aromatic rings. The molecule has 2 nitrogen and oxygen atoms in total. The van der Waals surface area contributed by atoms with E-state index in [9.17, 15) is 8.78 Å². The first kappa shape index (κ1) is 12.4. The van der Waals surface area contributed by atoms with Gasteiger partial charge in [0.05, 0.1) is 4.47 Å². The maximum atomic E-state index is 13.0. The zero-order valence-electron chi connectivity index (χ0n) is 8.42. The van der Waals surface area contributed by atoms with Gasteiger partial charge in [0.25, 0.3) is 0 Å². The molecule has 1 aromatic carbocycles. The summed E-state index contributed by atoms with van der Waals surface area (Å²) >= 11 is 8.96. The number of benzene rings is 1. The van der Waals surface area contributed by atoms with Crippen LogP contribution in [0.2, 0.25) is 5.15 Å². The van der Waals surface area contributed by atoms with Crippen molar-refractivity contribution >= 4 is 27.5 Å². The van der Waals surface area contributed by atoms with Crippen molar-refractivity contribution in [2.45, 2.75) is 6.42 Å². The van der Waals surface area contributed by atoms with Crippen molar-refractivity contribution in [2.75, 3.05) is 0 Å². The van der Waals surface area contributed by atoms with E-state index in [-0.39, 0.29) is 11.6 Å². The molecule has 0 saturated carbocycles. The highest BCUT2D eigenvalue weighted by Crippen LogP contribution is 2.19. The Morgan fingerprint density at radius 1 is 1.18 bits per heavy atom. The van der Waals surface area contributed by atoms with E-state index < -0.39 is 11.6 Å². The van der Waals surface area contributed by atoms with Gasteiger partial charge in [-0.3, -0.25) is 0 Å². The van der Waals surface area contributed by atoms with Gasteiger partial charge in [-0.15, -0.1) is 0 Å². The smallest absolute Gasteiger partial charge is 0.146 e. The lowest BCUT2D eigenvalue weighted by Gasteiger charge is -2.02. The molecule has 0 spiro atoms. The first-order valence-corrected chi connectivity index (χ1v) is 5.83. The molecule has 0 fully saturated rings. The van der Waals surface area contributed by atoms with Crippen molar-refractivity contribution in [1.82, 2.24) is 9.97 Å². The maximum absolute atomic E-state index is 13.0. The molecule has 1 aromatic heterocycles. The second-order valence-electron chi connectivity index (χ2n) is 3.38. The molecule has 17 heavy (non-hydrogen) atoms. The summed E-state index contributed by atoms with van der Waals surface area (Å²) in [6.45, 7) is 0. The molecule has 0 aliphatic heterocycles. The number of hydrogen-bond acceptors (Lipinski definition) is 2. The molecular formula is C11H6BrClF2N2. The molecule has 0 unspecified atom stereocenters. The van der Waals surface area contributed by atoms with Crippen molar-refractivity contribution in [3.63, 3.8) is 0 Å². The molecule has 0 N–H and O–H groups in total. The lowest BCUT2D eigenvalue weighted by atomic mass is 10.1. The standard InChI is InChI=1S/C11H6BrClF2N2/c12-9-5-16-10(17-11(9)13)3-6-1-7(14)4-8(15)2-6/h1-2,4-5H,3H2. The van der Waals surface area contributed by atoms with Crippen LogP contribution in [0.3, 0.4) is 0 Å². The minimum Gasteiger partial charge on any atom is -0.240 e. The SMILES string of the molecule is Fc1cc(F)cc(Cc2ncc(Br)c(Cl)n2)c1. The van der Waals surface area contributed by atoms with E-state index in [1.165, 1.54) is 18.3 Å². The average molecular weight is 320 g/mol. The Bertz CT molecular complexity index is 543. The minimum absolute atomic E-state index is 0.224. The van der Waals surface area contributed by atoms with E-state index in [0.717, 1.165) is 6.07 Å². The Morgan fingerprint density at radius 3 is 2.41 bits per heavy atom. The van der Waals surface area contributed by atoms with E-state index in [1.807, 2.05) is 0 Å². The molecule has 0 aliphatic carbocycles. The third-order valence-corrected chi connectivity index (χ3v) is 3.13. The van der Waals surface area contributed by atoms with Gasteiger partial charge in [0, 0.05) is 18.7 Å². The summed E-state index contributed by atoms with van der Waals surface area (Å²) in [5.41, 5.74) is 0.459. The summed E-state index contributed by atoms with van der Waals surface area (Å²) in [6, 6.07) is 3.30. The lowest BCUT2D eigenvalue weighted by Crippen LogP contribution is -1.98. The van der Waals surface area contributed by atoms with E-state index in [4.69, 9.17) is 11.6 Å². The van der Waals surface area contributed by atoms with Gasteiger partial charge in [0.2, 0.25) is 0 Å². The third-order valence-electron chi connectivity index (χ3n) is 2.04. The van der Waals surface area contributed by atoms with Crippen molar-refractivity contribution in [1.29, 1.82) is 0 Å². The highest BCUT2D eigenvalue weighted by molar-refractivity contribution is 9.10. The second-order valence-corrected chi connectivity index (χ2v) is 4.59. The fourth-order valence-corrected chi connectivity index (χ4v) is 1.70. The number of aromatic nitrogens is 2. The zero-order chi connectivity index (χ0) is 12.4. The van der Waals surface area contributed by atoms with Crippen molar-refractivity contribution < 1.29 is 8.78 Å². The normalized spacial score (nSPS) is 10.6.